The van der Waals surface area contributed by atoms with Gasteiger partial charge < -0.3 is 0 Å². The van der Waals surface area contributed by atoms with Crippen LogP contribution in [0.25, 0.3) is 11.0 Å². The van der Waals surface area contributed by atoms with E-state index in [4.69, 9.17) is 0 Å². The summed E-state index contributed by atoms with van der Waals surface area (Å²) in [4.78, 5) is 8.42. The SMILES string of the molecule is Fc1cccc(N/N=C/c2ccc3nccnc3c2)c1. The molecule has 1 aromatic heterocycles. The Morgan fingerprint density at radius 2 is 1.85 bits per heavy atom. The van der Waals surface area contributed by atoms with Gasteiger partial charge in [-0.05, 0) is 35.9 Å². The summed E-state index contributed by atoms with van der Waals surface area (Å²) in [5.74, 6) is -0.300. The number of hydrazone groups is 1. The first-order valence-corrected chi connectivity index (χ1v) is 6.07. The lowest BCUT2D eigenvalue weighted by atomic mass is 10.2. The monoisotopic (exact) mass is 266 g/mol. The van der Waals surface area contributed by atoms with Gasteiger partial charge >= 0.3 is 0 Å². The Hall–Kier alpha value is -2.82. The number of nitrogens with one attached hydrogen (secondary N) is 1. The number of hydrogen-bond acceptors (Lipinski definition) is 4. The van der Waals surface area contributed by atoms with Crippen LogP contribution in [0.4, 0.5) is 10.1 Å². The zero-order valence-corrected chi connectivity index (χ0v) is 10.5. The Labute approximate surface area is 115 Å². The summed E-state index contributed by atoms with van der Waals surface area (Å²) >= 11 is 0. The molecule has 5 heteroatoms. The lowest BCUT2D eigenvalue weighted by Crippen LogP contribution is -1.92. The van der Waals surface area contributed by atoms with E-state index in [2.05, 4.69) is 20.5 Å². The van der Waals surface area contributed by atoms with Crippen LogP contribution in [0, 0.1) is 5.82 Å². The Morgan fingerprint density at radius 3 is 2.70 bits per heavy atom. The van der Waals surface area contributed by atoms with Crippen LogP contribution < -0.4 is 5.43 Å². The van der Waals surface area contributed by atoms with Gasteiger partial charge in [-0.1, -0.05) is 12.1 Å². The molecule has 0 bridgehead atoms. The fourth-order valence-corrected chi connectivity index (χ4v) is 1.80. The Morgan fingerprint density at radius 1 is 1.00 bits per heavy atom. The van der Waals surface area contributed by atoms with Crippen LogP contribution in [0.15, 0.2) is 60.0 Å². The van der Waals surface area contributed by atoms with Gasteiger partial charge in [0.15, 0.2) is 0 Å². The molecule has 0 saturated heterocycles. The van der Waals surface area contributed by atoms with E-state index in [9.17, 15) is 4.39 Å². The van der Waals surface area contributed by atoms with Crippen LogP contribution in [0.1, 0.15) is 5.56 Å². The quantitative estimate of drug-likeness (QED) is 0.585. The highest BCUT2D eigenvalue weighted by molar-refractivity contribution is 5.86. The van der Waals surface area contributed by atoms with E-state index in [1.165, 1.54) is 12.1 Å². The highest BCUT2D eigenvalue weighted by atomic mass is 19.1. The predicted octanol–water partition coefficient (Wildman–Crippen LogP) is 3.21. The highest BCUT2D eigenvalue weighted by Crippen LogP contribution is 2.11. The topological polar surface area (TPSA) is 50.2 Å². The molecule has 3 rings (SSSR count). The van der Waals surface area contributed by atoms with E-state index in [0.29, 0.717) is 5.69 Å². The standard InChI is InChI=1S/C15H11FN4/c16-12-2-1-3-13(9-12)20-19-10-11-4-5-14-15(8-11)18-7-6-17-14/h1-10,20H/b19-10+. The van der Waals surface area contributed by atoms with Crippen LogP contribution >= 0.6 is 0 Å². The van der Waals surface area contributed by atoms with Gasteiger partial charge in [0.05, 0.1) is 22.9 Å². The van der Waals surface area contributed by atoms with Crippen molar-refractivity contribution in [1.29, 1.82) is 0 Å². The summed E-state index contributed by atoms with van der Waals surface area (Å²) in [6.45, 7) is 0. The molecule has 0 radical (unpaired) electrons. The number of rotatable bonds is 3. The molecule has 98 valence electrons. The molecule has 0 aliphatic rings. The molecule has 0 atom stereocenters. The smallest absolute Gasteiger partial charge is 0.125 e. The highest BCUT2D eigenvalue weighted by Gasteiger charge is 1.96. The number of halogens is 1. The first-order chi connectivity index (χ1) is 9.81. The molecule has 1 N–H and O–H groups in total. The first-order valence-electron chi connectivity index (χ1n) is 6.07. The lowest BCUT2D eigenvalue weighted by Gasteiger charge is -2.00. The summed E-state index contributed by atoms with van der Waals surface area (Å²) in [5, 5.41) is 4.07. The van der Waals surface area contributed by atoms with Gasteiger partial charge in [-0.15, -0.1) is 0 Å². The molecule has 0 fully saturated rings. The number of hydrogen-bond donors (Lipinski definition) is 1. The summed E-state index contributed by atoms with van der Waals surface area (Å²) in [6, 6.07) is 11.8. The van der Waals surface area contributed by atoms with Crippen molar-refractivity contribution in [2.24, 2.45) is 5.10 Å². The fourth-order valence-electron chi connectivity index (χ4n) is 1.80. The van der Waals surface area contributed by atoms with E-state index in [1.54, 1.807) is 30.7 Å². The minimum absolute atomic E-state index is 0.300. The third kappa shape index (κ3) is 2.77. The maximum Gasteiger partial charge on any atom is 0.125 e. The van der Waals surface area contributed by atoms with Crippen LogP contribution in [0.3, 0.4) is 0 Å². The number of nitrogens with zero attached hydrogens (tertiary/aromatic N) is 3. The first kappa shape index (κ1) is 12.2. The van der Waals surface area contributed by atoms with Crippen LogP contribution in [-0.2, 0) is 0 Å². The van der Waals surface area contributed by atoms with Crippen molar-refractivity contribution in [2.75, 3.05) is 5.43 Å². The molecule has 0 amide bonds. The minimum atomic E-state index is -0.300. The van der Waals surface area contributed by atoms with E-state index < -0.39 is 0 Å². The molecular weight excluding hydrogens is 255 g/mol. The Balaban J connectivity index is 1.77. The minimum Gasteiger partial charge on any atom is -0.278 e. The van der Waals surface area contributed by atoms with Crippen LogP contribution in [0.5, 0.6) is 0 Å². The van der Waals surface area contributed by atoms with Crippen molar-refractivity contribution in [3.8, 4) is 0 Å². The van der Waals surface area contributed by atoms with E-state index in [1.807, 2.05) is 18.2 Å². The lowest BCUT2D eigenvalue weighted by molar-refractivity contribution is 0.628. The van der Waals surface area contributed by atoms with Gasteiger partial charge in [0, 0.05) is 12.4 Å². The molecule has 2 aromatic carbocycles. The second kappa shape index (κ2) is 5.44. The maximum atomic E-state index is 13.0. The molecular formula is C15H11FN4. The third-order valence-corrected chi connectivity index (χ3v) is 2.73. The molecule has 0 unspecified atom stereocenters. The van der Waals surface area contributed by atoms with Crippen molar-refractivity contribution in [2.45, 2.75) is 0 Å². The van der Waals surface area contributed by atoms with Crippen LogP contribution in [0.2, 0.25) is 0 Å². The normalized spacial score (nSPS) is 11.1. The number of benzene rings is 2. The molecule has 4 nitrogen and oxygen atoms in total. The molecule has 20 heavy (non-hydrogen) atoms. The van der Waals surface area contributed by atoms with Gasteiger partial charge in [0.2, 0.25) is 0 Å². The zero-order valence-electron chi connectivity index (χ0n) is 10.5. The zero-order chi connectivity index (χ0) is 13.8. The van der Waals surface area contributed by atoms with Gasteiger partial charge in [-0.25, -0.2) is 4.39 Å². The molecule has 0 spiro atoms. The Bertz CT molecular complexity index is 770. The second-order valence-corrected chi connectivity index (χ2v) is 4.18. The number of anilines is 1. The van der Waals surface area contributed by atoms with Crippen molar-refractivity contribution in [3.05, 3.63) is 66.2 Å². The van der Waals surface area contributed by atoms with Gasteiger partial charge in [0.1, 0.15) is 5.82 Å². The van der Waals surface area contributed by atoms with Crippen molar-refractivity contribution < 1.29 is 4.39 Å². The van der Waals surface area contributed by atoms with Crippen molar-refractivity contribution >= 4 is 22.9 Å². The largest absolute Gasteiger partial charge is 0.278 e. The number of fused-ring (bicyclic) bond motifs is 1. The predicted molar refractivity (Wildman–Crippen MR) is 77.2 cm³/mol. The third-order valence-electron chi connectivity index (χ3n) is 2.73. The fraction of sp³-hybridized carbons (Fsp3) is 0. The summed E-state index contributed by atoms with van der Waals surface area (Å²) in [5.41, 5.74) is 5.91. The van der Waals surface area contributed by atoms with E-state index >= 15 is 0 Å². The Kier molecular flexibility index (Phi) is 3.33. The van der Waals surface area contributed by atoms with Crippen LogP contribution in [-0.4, -0.2) is 16.2 Å². The average molecular weight is 266 g/mol. The summed E-state index contributed by atoms with van der Waals surface area (Å²) < 4.78 is 13.0. The molecule has 0 saturated carbocycles. The van der Waals surface area contributed by atoms with E-state index in [0.717, 1.165) is 16.6 Å². The maximum absolute atomic E-state index is 13.0. The van der Waals surface area contributed by atoms with Gasteiger partial charge in [0.25, 0.3) is 0 Å². The van der Waals surface area contributed by atoms with E-state index in [-0.39, 0.29) is 5.82 Å². The molecule has 0 aliphatic carbocycles. The molecule has 3 aromatic rings. The average Bonchev–Trinajstić information content (AvgIpc) is 2.47. The second-order valence-electron chi connectivity index (χ2n) is 4.18. The van der Waals surface area contributed by atoms with Crippen molar-refractivity contribution in [3.63, 3.8) is 0 Å². The molecule has 1 heterocycles. The molecule has 0 aliphatic heterocycles. The van der Waals surface area contributed by atoms with Crippen molar-refractivity contribution in [1.82, 2.24) is 9.97 Å². The summed E-state index contributed by atoms with van der Waals surface area (Å²) in [6.07, 6.45) is 4.95. The summed E-state index contributed by atoms with van der Waals surface area (Å²) in [7, 11) is 0. The number of aromatic nitrogens is 2. The van der Waals surface area contributed by atoms with Gasteiger partial charge in [-0.2, -0.15) is 5.10 Å². The van der Waals surface area contributed by atoms with Gasteiger partial charge in [-0.3, -0.25) is 15.4 Å².